The normalized spacial score (nSPS) is 12.6. The maximum atomic E-state index is 12.1. The van der Waals surface area contributed by atoms with Gasteiger partial charge in [-0.2, -0.15) is 26.3 Å². The summed E-state index contributed by atoms with van der Waals surface area (Å²) in [5, 5.41) is 1.61. The fourth-order valence-electron chi connectivity index (χ4n) is 1.22. The number of unbranched alkanes of at least 4 members (excludes halogenated alkanes) is 1. The minimum Gasteiger partial charge on any atom is -0.393 e. The summed E-state index contributed by atoms with van der Waals surface area (Å²) in [6.07, 6.45) is -10.5. The minimum atomic E-state index is -5.67. The SMILES string of the molecule is NC(=S)CCCCNC(=O)C(C(F)(F)F)C(F)(F)F. The van der Waals surface area contributed by atoms with Crippen LogP contribution < -0.4 is 11.1 Å². The third-order valence-corrected chi connectivity index (χ3v) is 2.27. The second kappa shape index (κ2) is 6.92. The van der Waals surface area contributed by atoms with Gasteiger partial charge in [0.2, 0.25) is 11.8 Å². The van der Waals surface area contributed by atoms with Crippen molar-refractivity contribution in [2.75, 3.05) is 6.54 Å². The molecule has 0 fully saturated rings. The summed E-state index contributed by atoms with van der Waals surface area (Å²) in [5.41, 5.74) is 5.14. The molecule has 0 aromatic carbocycles. The molecule has 0 saturated carbocycles. The lowest BCUT2D eigenvalue weighted by Crippen LogP contribution is -2.48. The second-order valence-electron chi connectivity index (χ2n) is 3.73. The van der Waals surface area contributed by atoms with E-state index in [1.54, 1.807) is 5.32 Å². The molecule has 0 aromatic rings. The van der Waals surface area contributed by atoms with Crippen LogP contribution in [-0.4, -0.2) is 29.8 Å². The number of thiocarbonyl (C=S) groups is 1. The molecular formula is C9H12F6N2OS. The molecule has 0 unspecified atom stereocenters. The molecule has 19 heavy (non-hydrogen) atoms. The largest absolute Gasteiger partial charge is 0.409 e. The zero-order chi connectivity index (χ0) is 15.3. The van der Waals surface area contributed by atoms with Crippen LogP contribution in [0.1, 0.15) is 19.3 Å². The lowest BCUT2D eigenvalue weighted by atomic mass is 10.1. The predicted octanol–water partition coefficient (Wildman–Crippen LogP) is 2.30. The molecule has 0 aliphatic heterocycles. The molecule has 0 heterocycles. The number of hydrogen-bond donors (Lipinski definition) is 2. The topological polar surface area (TPSA) is 55.1 Å². The van der Waals surface area contributed by atoms with E-state index in [4.69, 9.17) is 5.73 Å². The zero-order valence-electron chi connectivity index (χ0n) is 9.57. The molecule has 0 aliphatic carbocycles. The fraction of sp³-hybridized carbons (Fsp3) is 0.778. The Kier molecular flexibility index (Phi) is 6.53. The molecule has 0 aliphatic rings. The first-order chi connectivity index (χ1) is 8.46. The van der Waals surface area contributed by atoms with Crippen molar-refractivity contribution >= 4 is 23.1 Å². The van der Waals surface area contributed by atoms with Crippen LogP contribution in [0.3, 0.4) is 0 Å². The molecule has 0 atom stereocenters. The lowest BCUT2D eigenvalue weighted by Gasteiger charge is -2.21. The van der Waals surface area contributed by atoms with Crippen molar-refractivity contribution < 1.29 is 31.1 Å². The Hall–Kier alpha value is -1.06. The van der Waals surface area contributed by atoms with Crippen LogP contribution in [-0.2, 0) is 4.79 Å². The number of nitrogens with two attached hydrogens (primary N) is 1. The van der Waals surface area contributed by atoms with Crippen LogP contribution in [0.4, 0.5) is 26.3 Å². The molecule has 0 saturated heterocycles. The Bertz CT molecular complexity index is 314. The van der Waals surface area contributed by atoms with Crippen molar-refractivity contribution in [1.82, 2.24) is 5.32 Å². The van der Waals surface area contributed by atoms with Gasteiger partial charge in [0.15, 0.2) is 0 Å². The Morgan fingerprint density at radius 1 is 1.11 bits per heavy atom. The first-order valence-electron chi connectivity index (χ1n) is 5.15. The molecular weight excluding hydrogens is 298 g/mol. The van der Waals surface area contributed by atoms with Crippen molar-refractivity contribution in [2.45, 2.75) is 31.6 Å². The molecule has 3 nitrogen and oxygen atoms in total. The van der Waals surface area contributed by atoms with Gasteiger partial charge in [-0.05, 0) is 19.3 Å². The van der Waals surface area contributed by atoms with Crippen LogP contribution in [0.2, 0.25) is 0 Å². The second-order valence-corrected chi connectivity index (χ2v) is 4.26. The van der Waals surface area contributed by atoms with E-state index < -0.39 is 24.2 Å². The maximum Gasteiger partial charge on any atom is 0.409 e. The van der Waals surface area contributed by atoms with Gasteiger partial charge in [-0.25, -0.2) is 0 Å². The smallest absolute Gasteiger partial charge is 0.393 e. The summed E-state index contributed by atoms with van der Waals surface area (Å²) in [5.74, 6) is -6.11. The van der Waals surface area contributed by atoms with Gasteiger partial charge in [-0.3, -0.25) is 4.79 Å². The molecule has 0 radical (unpaired) electrons. The Labute approximate surface area is 110 Å². The highest BCUT2D eigenvalue weighted by Crippen LogP contribution is 2.39. The summed E-state index contributed by atoms with van der Waals surface area (Å²) in [6.45, 7) is -0.301. The number of alkyl halides is 6. The van der Waals surface area contributed by atoms with Crippen molar-refractivity contribution in [3.8, 4) is 0 Å². The molecule has 1 amide bonds. The average Bonchev–Trinajstić information content (AvgIpc) is 2.11. The lowest BCUT2D eigenvalue weighted by molar-refractivity contribution is -0.274. The van der Waals surface area contributed by atoms with E-state index >= 15 is 0 Å². The molecule has 0 aromatic heterocycles. The summed E-state index contributed by atoms with van der Waals surface area (Å²) < 4.78 is 72.8. The van der Waals surface area contributed by atoms with Crippen LogP contribution in [0.15, 0.2) is 0 Å². The van der Waals surface area contributed by atoms with Crippen LogP contribution >= 0.6 is 12.2 Å². The van der Waals surface area contributed by atoms with E-state index in [0.29, 0.717) is 12.8 Å². The first-order valence-corrected chi connectivity index (χ1v) is 5.56. The van der Waals surface area contributed by atoms with E-state index in [-0.39, 0.29) is 18.0 Å². The predicted molar refractivity (Wildman–Crippen MR) is 59.2 cm³/mol. The summed E-state index contributed by atoms with van der Waals surface area (Å²) >= 11 is 4.53. The third kappa shape index (κ3) is 7.19. The molecule has 112 valence electrons. The molecule has 3 N–H and O–H groups in total. The number of nitrogens with one attached hydrogen (secondary N) is 1. The fourth-order valence-corrected chi connectivity index (χ4v) is 1.37. The van der Waals surface area contributed by atoms with Crippen LogP contribution in [0.25, 0.3) is 0 Å². The van der Waals surface area contributed by atoms with Gasteiger partial charge in [0, 0.05) is 6.54 Å². The van der Waals surface area contributed by atoms with Gasteiger partial charge in [-0.1, -0.05) is 12.2 Å². The van der Waals surface area contributed by atoms with E-state index in [1.807, 2.05) is 0 Å². The number of rotatable bonds is 6. The van der Waals surface area contributed by atoms with E-state index in [9.17, 15) is 31.1 Å². The van der Waals surface area contributed by atoms with Gasteiger partial charge in [0.25, 0.3) is 0 Å². The molecule has 0 bridgehead atoms. The monoisotopic (exact) mass is 310 g/mol. The van der Waals surface area contributed by atoms with Gasteiger partial charge in [0.1, 0.15) is 0 Å². The van der Waals surface area contributed by atoms with Gasteiger partial charge < -0.3 is 11.1 Å². The van der Waals surface area contributed by atoms with Crippen molar-refractivity contribution in [2.24, 2.45) is 11.7 Å². The Morgan fingerprint density at radius 3 is 1.95 bits per heavy atom. The number of hydrogen-bond acceptors (Lipinski definition) is 2. The molecule has 0 rings (SSSR count). The molecule has 10 heteroatoms. The zero-order valence-corrected chi connectivity index (χ0v) is 10.4. The number of amides is 1. The first kappa shape index (κ1) is 17.9. The Balaban J connectivity index is 4.33. The average molecular weight is 310 g/mol. The van der Waals surface area contributed by atoms with E-state index in [0.717, 1.165) is 0 Å². The van der Waals surface area contributed by atoms with E-state index in [1.165, 1.54) is 0 Å². The van der Waals surface area contributed by atoms with Crippen LogP contribution in [0.5, 0.6) is 0 Å². The highest BCUT2D eigenvalue weighted by molar-refractivity contribution is 7.80. The van der Waals surface area contributed by atoms with Crippen molar-refractivity contribution in [1.29, 1.82) is 0 Å². The highest BCUT2D eigenvalue weighted by atomic mass is 32.1. The quantitative estimate of drug-likeness (QED) is 0.450. The number of carbonyl (C=O) groups excluding carboxylic acids is 1. The number of halogens is 6. The van der Waals surface area contributed by atoms with Crippen LogP contribution in [0, 0.1) is 5.92 Å². The number of carbonyl (C=O) groups is 1. The highest BCUT2D eigenvalue weighted by Gasteiger charge is 2.60. The third-order valence-electron chi connectivity index (χ3n) is 2.07. The van der Waals surface area contributed by atoms with Gasteiger partial charge in [0.05, 0.1) is 4.99 Å². The minimum absolute atomic E-state index is 0.186. The van der Waals surface area contributed by atoms with Gasteiger partial charge >= 0.3 is 12.4 Å². The maximum absolute atomic E-state index is 12.1. The summed E-state index contributed by atoms with van der Waals surface area (Å²) in [4.78, 5) is 11.1. The Morgan fingerprint density at radius 2 is 1.58 bits per heavy atom. The molecule has 0 spiro atoms. The van der Waals surface area contributed by atoms with Gasteiger partial charge in [-0.15, -0.1) is 0 Å². The summed E-state index contributed by atoms with van der Waals surface area (Å²) in [7, 11) is 0. The van der Waals surface area contributed by atoms with E-state index in [2.05, 4.69) is 12.2 Å². The van der Waals surface area contributed by atoms with Crippen molar-refractivity contribution in [3.05, 3.63) is 0 Å². The summed E-state index contributed by atoms with van der Waals surface area (Å²) in [6, 6.07) is 0. The standard InChI is InChI=1S/C9H12F6N2OS/c10-8(11,12)6(9(13,14)15)7(18)17-4-2-1-3-5(16)19/h6H,1-4H2,(H2,16,19)(H,17,18). The van der Waals surface area contributed by atoms with Crippen molar-refractivity contribution in [3.63, 3.8) is 0 Å².